The molecule has 5 heterocycles. The first kappa shape index (κ1) is 19.4. The van der Waals surface area contributed by atoms with Gasteiger partial charge in [0.15, 0.2) is 6.23 Å². The summed E-state index contributed by atoms with van der Waals surface area (Å²) >= 11 is 0. The van der Waals surface area contributed by atoms with Gasteiger partial charge in [-0.15, -0.1) is 0 Å². The summed E-state index contributed by atoms with van der Waals surface area (Å²) in [5, 5.41) is 25.8. The lowest BCUT2D eigenvalue weighted by Crippen LogP contribution is -2.31. The minimum atomic E-state index is -1.07. The number of rotatable bonds is 4. The number of hydrogen-bond donors (Lipinski definition) is 3. The summed E-state index contributed by atoms with van der Waals surface area (Å²) < 4.78 is 9.43. The zero-order valence-corrected chi connectivity index (χ0v) is 17.1. The lowest BCUT2D eigenvalue weighted by molar-refractivity contribution is -0.0364. The van der Waals surface area contributed by atoms with Crippen molar-refractivity contribution in [2.75, 3.05) is 11.9 Å². The molecule has 4 aromatic rings. The maximum absolute atomic E-state index is 12.6. The average Bonchev–Trinajstić information content (AvgIpc) is 3.51. The SMILES string of the molecule is O=c1c2ccc(CC[C@H]3O[C@@H](n4ccc5cncnc54)[C@H](O)[C@@H]3O)cc2nc2n1CCN2. The van der Waals surface area contributed by atoms with Crippen LogP contribution in [-0.4, -0.2) is 59.2 Å². The molecule has 1 saturated heterocycles. The van der Waals surface area contributed by atoms with E-state index in [2.05, 4.69) is 20.3 Å². The van der Waals surface area contributed by atoms with Gasteiger partial charge in [0, 0.05) is 30.9 Å². The van der Waals surface area contributed by atoms with Crippen LogP contribution >= 0.6 is 0 Å². The van der Waals surface area contributed by atoms with Crippen molar-refractivity contribution in [2.24, 2.45) is 0 Å². The van der Waals surface area contributed by atoms with Gasteiger partial charge in [0.1, 0.15) is 24.2 Å². The van der Waals surface area contributed by atoms with E-state index >= 15 is 0 Å². The molecule has 1 fully saturated rings. The van der Waals surface area contributed by atoms with Gasteiger partial charge in [0.2, 0.25) is 5.95 Å². The number of aliphatic hydroxyl groups excluding tert-OH is 2. The van der Waals surface area contributed by atoms with Crippen LogP contribution in [0, 0.1) is 0 Å². The Morgan fingerprint density at radius 1 is 1.22 bits per heavy atom. The molecule has 0 spiro atoms. The molecule has 3 aromatic heterocycles. The van der Waals surface area contributed by atoms with Crippen molar-refractivity contribution in [2.45, 2.75) is 43.9 Å². The van der Waals surface area contributed by atoms with E-state index < -0.39 is 24.5 Å². The molecule has 0 saturated carbocycles. The van der Waals surface area contributed by atoms with Crippen LogP contribution in [-0.2, 0) is 17.7 Å². The third kappa shape index (κ3) is 2.99. The molecule has 10 heteroatoms. The highest BCUT2D eigenvalue weighted by atomic mass is 16.6. The third-order valence-corrected chi connectivity index (χ3v) is 6.34. The molecule has 3 N–H and O–H groups in total. The molecule has 0 unspecified atom stereocenters. The van der Waals surface area contributed by atoms with Crippen LogP contribution in [0.2, 0.25) is 0 Å². The van der Waals surface area contributed by atoms with Crippen molar-refractivity contribution in [3.8, 4) is 0 Å². The van der Waals surface area contributed by atoms with Gasteiger partial charge >= 0.3 is 0 Å². The fraction of sp³-hybridized carbons (Fsp3) is 0.364. The maximum Gasteiger partial charge on any atom is 0.262 e. The molecule has 1 aromatic carbocycles. The van der Waals surface area contributed by atoms with Crippen molar-refractivity contribution < 1.29 is 14.9 Å². The predicted octanol–water partition coefficient (Wildman–Crippen LogP) is 0.819. The van der Waals surface area contributed by atoms with Crippen molar-refractivity contribution in [3.63, 3.8) is 0 Å². The summed E-state index contributed by atoms with van der Waals surface area (Å²) in [5.74, 6) is 0.600. The predicted molar refractivity (Wildman–Crippen MR) is 116 cm³/mol. The minimum absolute atomic E-state index is 0.0372. The first-order chi connectivity index (χ1) is 15.6. The van der Waals surface area contributed by atoms with E-state index in [0.717, 1.165) is 10.9 Å². The van der Waals surface area contributed by atoms with Crippen molar-refractivity contribution in [1.82, 2.24) is 24.1 Å². The zero-order valence-electron chi connectivity index (χ0n) is 17.1. The van der Waals surface area contributed by atoms with E-state index in [1.54, 1.807) is 27.6 Å². The second-order valence-electron chi connectivity index (χ2n) is 8.28. The van der Waals surface area contributed by atoms with Crippen molar-refractivity contribution in [3.05, 3.63) is 58.9 Å². The van der Waals surface area contributed by atoms with E-state index in [4.69, 9.17) is 4.74 Å². The molecular formula is C22H22N6O4. The van der Waals surface area contributed by atoms with Crippen LogP contribution in [0.15, 0.2) is 47.8 Å². The summed E-state index contributed by atoms with van der Waals surface area (Å²) in [6, 6.07) is 7.47. The fourth-order valence-electron chi connectivity index (χ4n) is 4.65. The number of aromatic nitrogens is 5. The maximum atomic E-state index is 12.6. The van der Waals surface area contributed by atoms with Crippen LogP contribution in [0.4, 0.5) is 5.95 Å². The lowest BCUT2D eigenvalue weighted by atomic mass is 10.0. The van der Waals surface area contributed by atoms with Gasteiger partial charge in [-0.25, -0.2) is 15.0 Å². The molecule has 6 rings (SSSR count). The van der Waals surface area contributed by atoms with Crippen molar-refractivity contribution in [1.29, 1.82) is 0 Å². The number of aryl methyl sites for hydroxylation is 1. The summed E-state index contributed by atoms with van der Waals surface area (Å²) in [6.07, 6.45) is 2.68. The van der Waals surface area contributed by atoms with Gasteiger partial charge in [0.25, 0.3) is 5.56 Å². The largest absolute Gasteiger partial charge is 0.388 e. The third-order valence-electron chi connectivity index (χ3n) is 6.34. The van der Waals surface area contributed by atoms with Crippen LogP contribution in [0.3, 0.4) is 0 Å². The Bertz CT molecular complexity index is 1380. The van der Waals surface area contributed by atoms with Gasteiger partial charge in [-0.1, -0.05) is 6.07 Å². The second-order valence-corrected chi connectivity index (χ2v) is 8.28. The number of nitrogens with zero attached hydrogens (tertiary/aromatic N) is 5. The molecular weight excluding hydrogens is 412 g/mol. The second kappa shape index (κ2) is 7.37. The van der Waals surface area contributed by atoms with Gasteiger partial charge in [-0.05, 0) is 36.6 Å². The Balaban J connectivity index is 1.21. The first-order valence-corrected chi connectivity index (χ1v) is 10.7. The standard InChI is InChI=1S/C22H22N6O4/c29-17-16(32-21(18(17)30)27-7-5-13-10-23-11-25-19(13)27)4-2-12-1-3-14-15(9-12)26-22-24-6-8-28(22)20(14)31/h1,3,5,7,9-11,16-18,21,29-30H,2,4,6,8H2,(H,24,26)/t16-,17-,18-,21-/m1/s1. The van der Waals surface area contributed by atoms with Gasteiger partial charge in [-0.3, -0.25) is 9.36 Å². The first-order valence-electron chi connectivity index (χ1n) is 10.7. The van der Waals surface area contributed by atoms with Gasteiger partial charge in [0.05, 0.1) is 17.0 Å². The highest BCUT2D eigenvalue weighted by Gasteiger charge is 2.43. The summed E-state index contributed by atoms with van der Waals surface area (Å²) in [5.41, 5.74) is 2.24. The fourth-order valence-corrected chi connectivity index (χ4v) is 4.65. The molecule has 0 aliphatic carbocycles. The minimum Gasteiger partial charge on any atom is -0.388 e. The molecule has 0 radical (unpaired) electrons. The molecule has 0 amide bonds. The Morgan fingerprint density at radius 2 is 2.12 bits per heavy atom. The molecule has 2 aliphatic rings. The van der Waals surface area contributed by atoms with Gasteiger partial charge < -0.3 is 24.8 Å². The highest BCUT2D eigenvalue weighted by molar-refractivity contribution is 5.79. The summed E-state index contributed by atoms with van der Waals surface area (Å²) in [7, 11) is 0. The molecule has 0 bridgehead atoms. The molecule has 164 valence electrons. The number of nitrogens with one attached hydrogen (secondary N) is 1. The van der Waals surface area contributed by atoms with E-state index in [0.29, 0.717) is 48.4 Å². The normalized spacial score (nSPS) is 24.8. The van der Waals surface area contributed by atoms with E-state index in [-0.39, 0.29) is 5.56 Å². The Morgan fingerprint density at radius 3 is 3.03 bits per heavy atom. The van der Waals surface area contributed by atoms with E-state index in [1.807, 2.05) is 18.2 Å². The number of aliphatic hydroxyl groups is 2. The number of hydrogen-bond acceptors (Lipinski definition) is 8. The van der Waals surface area contributed by atoms with Crippen LogP contribution in [0.25, 0.3) is 21.9 Å². The van der Waals surface area contributed by atoms with Crippen molar-refractivity contribution >= 4 is 27.9 Å². The average molecular weight is 434 g/mol. The quantitative estimate of drug-likeness (QED) is 0.431. The van der Waals surface area contributed by atoms with Crippen LogP contribution < -0.4 is 10.9 Å². The van der Waals surface area contributed by atoms with Crippen LogP contribution in [0.5, 0.6) is 0 Å². The number of anilines is 1. The monoisotopic (exact) mass is 434 g/mol. The van der Waals surface area contributed by atoms with Gasteiger partial charge in [-0.2, -0.15) is 0 Å². The van der Waals surface area contributed by atoms with Crippen LogP contribution in [0.1, 0.15) is 18.2 Å². The number of ether oxygens (including phenoxy) is 1. The summed E-state index contributed by atoms with van der Waals surface area (Å²) in [4.78, 5) is 25.5. The van der Waals surface area contributed by atoms with E-state index in [9.17, 15) is 15.0 Å². The Labute approximate surface area is 182 Å². The number of benzene rings is 1. The topological polar surface area (TPSA) is 127 Å². The lowest BCUT2D eigenvalue weighted by Gasteiger charge is -2.17. The van der Waals surface area contributed by atoms with E-state index in [1.165, 1.54) is 6.33 Å². The number of fused-ring (bicyclic) bond motifs is 3. The Hall–Kier alpha value is -3.34. The molecule has 4 atom stereocenters. The molecule has 32 heavy (non-hydrogen) atoms. The Kier molecular flexibility index (Phi) is 4.46. The smallest absolute Gasteiger partial charge is 0.262 e. The zero-order chi connectivity index (χ0) is 21.8. The molecule has 10 nitrogen and oxygen atoms in total. The highest BCUT2D eigenvalue weighted by Crippen LogP contribution is 2.33. The summed E-state index contributed by atoms with van der Waals surface area (Å²) in [6.45, 7) is 1.33. The molecule has 2 aliphatic heterocycles.